The van der Waals surface area contributed by atoms with E-state index in [0.717, 1.165) is 18.3 Å². The van der Waals surface area contributed by atoms with Crippen LogP contribution in [0.3, 0.4) is 0 Å². The second kappa shape index (κ2) is 7.31. The summed E-state index contributed by atoms with van der Waals surface area (Å²) in [5.74, 6) is -0.390. The minimum absolute atomic E-state index is 0.219. The number of hydrogen-bond donors (Lipinski definition) is 0. The molecule has 0 radical (unpaired) electrons. The first-order valence-corrected chi connectivity index (χ1v) is 8.17. The largest absolute Gasteiger partial charge is 0.416 e. The number of alkyl halides is 3. The van der Waals surface area contributed by atoms with E-state index in [1.165, 1.54) is 24.3 Å². The zero-order valence-electron chi connectivity index (χ0n) is 13.8. The van der Waals surface area contributed by atoms with Crippen LogP contribution in [-0.2, 0) is 6.18 Å². The summed E-state index contributed by atoms with van der Waals surface area (Å²) in [5, 5.41) is 0. The lowest BCUT2D eigenvalue weighted by Gasteiger charge is -2.23. The first-order valence-electron chi connectivity index (χ1n) is 8.17. The lowest BCUT2D eigenvalue weighted by molar-refractivity contribution is -0.137. The van der Waals surface area contributed by atoms with E-state index in [2.05, 4.69) is 4.98 Å². The number of carbonyl (C=O) groups is 1. The van der Waals surface area contributed by atoms with Crippen molar-refractivity contribution in [3.8, 4) is 0 Å². The summed E-state index contributed by atoms with van der Waals surface area (Å²) >= 11 is 0. The summed E-state index contributed by atoms with van der Waals surface area (Å²) in [7, 11) is 0. The third-order valence-corrected chi connectivity index (χ3v) is 4.27. The van der Waals surface area contributed by atoms with Crippen molar-refractivity contribution in [2.24, 2.45) is 0 Å². The van der Waals surface area contributed by atoms with E-state index in [4.69, 9.17) is 0 Å². The standard InChI is InChI=1S/C18H17F4N3O/c19-15-4-2-13(3-5-15)17(26)25-9-1-8-24(10-11-25)16-12-14(6-7-23-16)18(20,21)22/h2-7,12H,1,8-11H2. The number of benzene rings is 1. The van der Waals surface area contributed by atoms with Gasteiger partial charge in [0, 0.05) is 37.9 Å². The zero-order chi connectivity index (χ0) is 18.7. The Morgan fingerprint density at radius 3 is 2.42 bits per heavy atom. The molecule has 1 saturated heterocycles. The van der Waals surface area contributed by atoms with Crippen LogP contribution >= 0.6 is 0 Å². The molecule has 1 amide bonds. The molecule has 0 aliphatic carbocycles. The molecule has 1 aliphatic rings. The van der Waals surface area contributed by atoms with Gasteiger partial charge in [-0.05, 0) is 42.8 Å². The van der Waals surface area contributed by atoms with Gasteiger partial charge in [0.2, 0.25) is 0 Å². The molecule has 0 N–H and O–H groups in total. The van der Waals surface area contributed by atoms with E-state index in [-0.39, 0.29) is 11.7 Å². The van der Waals surface area contributed by atoms with Crippen molar-refractivity contribution in [2.45, 2.75) is 12.6 Å². The predicted molar refractivity (Wildman–Crippen MR) is 88.4 cm³/mol. The van der Waals surface area contributed by atoms with E-state index in [9.17, 15) is 22.4 Å². The van der Waals surface area contributed by atoms with Crippen molar-refractivity contribution in [3.05, 3.63) is 59.5 Å². The topological polar surface area (TPSA) is 36.4 Å². The molecule has 138 valence electrons. The molecule has 0 bridgehead atoms. The van der Waals surface area contributed by atoms with Crippen molar-refractivity contribution < 1.29 is 22.4 Å². The Balaban J connectivity index is 1.70. The second-order valence-electron chi connectivity index (χ2n) is 6.04. The van der Waals surface area contributed by atoms with Crippen LogP contribution < -0.4 is 4.90 Å². The molecule has 8 heteroatoms. The molecule has 1 aliphatic heterocycles. The van der Waals surface area contributed by atoms with Gasteiger partial charge in [0.25, 0.3) is 5.91 Å². The highest BCUT2D eigenvalue weighted by atomic mass is 19.4. The van der Waals surface area contributed by atoms with Gasteiger partial charge in [0.1, 0.15) is 11.6 Å². The third kappa shape index (κ3) is 4.12. The molecule has 2 aromatic rings. The van der Waals surface area contributed by atoms with Gasteiger partial charge in [0.05, 0.1) is 5.56 Å². The van der Waals surface area contributed by atoms with Gasteiger partial charge in [-0.3, -0.25) is 4.79 Å². The fourth-order valence-corrected chi connectivity index (χ4v) is 2.89. The lowest BCUT2D eigenvalue weighted by Crippen LogP contribution is -2.35. The van der Waals surface area contributed by atoms with Crippen molar-refractivity contribution in [1.82, 2.24) is 9.88 Å². The second-order valence-corrected chi connectivity index (χ2v) is 6.04. The highest BCUT2D eigenvalue weighted by Gasteiger charge is 2.31. The average Bonchev–Trinajstić information content (AvgIpc) is 2.87. The maximum Gasteiger partial charge on any atom is 0.416 e. The summed E-state index contributed by atoms with van der Waals surface area (Å²) < 4.78 is 51.6. The molecule has 0 unspecified atom stereocenters. The van der Waals surface area contributed by atoms with Crippen LogP contribution in [-0.4, -0.2) is 42.0 Å². The monoisotopic (exact) mass is 367 g/mol. The van der Waals surface area contributed by atoms with Crippen LogP contribution in [0.4, 0.5) is 23.4 Å². The minimum Gasteiger partial charge on any atom is -0.355 e. The average molecular weight is 367 g/mol. The first-order chi connectivity index (χ1) is 12.3. The van der Waals surface area contributed by atoms with E-state index in [1.54, 1.807) is 9.80 Å². The Kier molecular flexibility index (Phi) is 5.11. The van der Waals surface area contributed by atoms with Gasteiger partial charge >= 0.3 is 6.18 Å². The summed E-state index contributed by atoms with van der Waals surface area (Å²) in [6.07, 6.45) is -2.68. The van der Waals surface area contributed by atoms with Crippen LogP contribution in [0.15, 0.2) is 42.6 Å². The molecule has 1 fully saturated rings. The Hall–Kier alpha value is -2.64. The summed E-state index contributed by atoms with van der Waals surface area (Å²) in [6, 6.07) is 7.26. The van der Waals surface area contributed by atoms with Gasteiger partial charge in [-0.25, -0.2) is 9.37 Å². The highest BCUT2D eigenvalue weighted by molar-refractivity contribution is 5.94. The van der Waals surface area contributed by atoms with Crippen molar-refractivity contribution in [3.63, 3.8) is 0 Å². The Morgan fingerprint density at radius 2 is 1.73 bits per heavy atom. The van der Waals surface area contributed by atoms with Crippen LogP contribution in [0.25, 0.3) is 0 Å². The molecule has 0 atom stereocenters. The van der Waals surface area contributed by atoms with E-state index in [0.29, 0.717) is 38.2 Å². The number of pyridine rings is 1. The van der Waals surface area contributed by atoms with Gasteiger partial charge in [0.15, 0.2) is 0 Å². The lowest BCUT2D eigenvalue weighted by atomic mass is 10.2. The Bertz CT molecular complexity index is 777. The molecule has 0 saturated carbocycles. The first kappa shape index (κ1) is 18.2. The number of rotatable bonds is 2. The summed E-state index contributed by atoms with van der Waals surface area (Å²) in [5.41, 5.74) is -0.358. The number of anilines is 1. The van der Waals surface area contributed by atoms with Crippen molar-refractivity contribution in [1.29, 1.82) is 0 Å². The molecular formula is C18H17F4N3O. The van der Waals surface area contributed by atoms with Gasteiger partial charge in [-0.1, -0.05) is 0 Å². The molecule has 0 spiro atoms. The molecular weight excluding hydrogens is 350 g/mol. The van der Waals surface area contributed by atoms with Gasteiger partial charge in [-0.2, -0.15) is 13.2 Å². The fraction of sp³-hybridized carbons (Fsp3) is 0.333. The number of nitrogens with zero attached hydrogens (tertiary/aromatic N) is 3. The molecule has 1 aromatic heterocycles. The number of aromatic nitrogens is 1. The zero-order valence-corrected chi connectivity index (χ0v) is 13.8. The number of hydrogen-bond acceptors (Lipinski definition) is 3. The van der Waals surface area contributed by atoms with E-state index in [1.807, 2.05) is 0 Å². The quantitative estimate of drug-likeness (QED) is 0.761. The van der Waals surface area contributed by atoms with Crippen molar-refractivity contribution in [2.75, 3.05) is 31.1 Å². The summed E-state index contributed by atoms with van der Waals surface area (Å²) in [6.45, 7) is 1.71. The van der Waals surface area contributed by atoms with Crippen LogP contribution in [0, 0.1) is 5.82 Å². The predicted octanol–water partition coefficient (Wildman–Crippen LogP) is 3.59. The maximum absolute atomic E-state index is 13.0. The van der Waals surface area contributed by atoms with Gasteiger partial charge in [-0.15, -0.1) is 0 Å². The van der Waals surface area contributed by atoms with Crippen molar-refractivity contribution >= 4 is 11.7 Å². The maximum atomic E-state index is 13.0. The normalized spacial score (nSPS) is 15.7. The Labute approximate surface area is 148 Å². The molecule has 4 nitrogen and oxygen atoms in total. The van der Waals surface area contributed by atoms with Crippen LogP contribution in [0.2, 0.25) is 0 Å². The third-order valence-electron chi connectivity index (χ3n) is 4.27. The van der Waals surface area contributed by atoms with Crippen LogP contribution in [0.1, 0.15) is 22.3 Å². The number of amides is 1. The molecule has 2 heterocycles. The van der Waals surface area contributed by atoms with Gasteiger partial charge < -0.3 is 9.80 Å². The number of halogens is 4. The minimum atomic E-state index is -4.42. The highest BCUT2D eigenvalue weighted by Crippen LogP contribution is 2.30. The SMILES string of the molecule is O=C(c1ccc(F)cc1)N1CCCN(c2cc(C(F)(F)F)ccn2)CC1. The fourth-order valence-electron chi connectivity index (χ4n) is 2.89. The van der Waals surface area contributed by atoms with E-state index >= 15 is 0 Å². The Morgan fingerprint density at radius 1 is 1.00 bits per heavy atom. The molecule has 1 aromatic carbocycles. The van der Waals surface area contributed by atoms with Crippen LogP contribution in [0.5, 0.6) is 0 Å². The number of carbonyl (C=O) groups excluding carboxylic acids is 1. The van der Waals surface area contributed by atoms with E-state index < -0.39 is 17.6 Å². The molecule has 26 heavy (non-hydrogen) atoms. The molecule has 3 rings (SSSR count). The summed E-state index contributed by atoms with van der Waals surface area (Å²) in [4.78, 5) is 19.9. The smallest absolute Gasteiger partial charge is 0.355 e.